The van der Waals surface area contributed by atoms with Crippen molar-refractivity contribution in [3.63, 3.8) is 0 Å². The number of hydrogen-bond acceptors (Lipinski definition) is 5. The number of rotatable bonds is 7. The summed E-state index contributed by atoms with van der Waals surface area (Å²) >= 11 is 0. The average Bonchev–Trinajstić information content (AvgIpc) is 3.23. The van der Waals surface area contributed by atoms with Gasteiger partial charge in [-0.1, -0.05) is 25.3 Å². The highest BCUT2D eigenvalue weighted by atomic mass is 16.5. The van der Waals surface area contributed by atoms with Gasteiger partial charge in [0.2, 0.25) is 0 Å². The SMILES string of the molecule is C=C(C)C(=O)Oc1ccc(-c2ccc(/C=C/c3ccc(OC(=O)C(=C)C)c(C)c3)o2)cc1. The first-order valence-corrected chi connectivity index (χ1v) is 9.97. The zero-order chi connectivity index (χ0) is 23.3. The zero-order valence-corrected chi connectivity index (χ0v) is 18.3. The van der Waals surface area contributed by atoms with Crippen molar-refractivity contribution < 1.29 is 23.5 Å². The second-order valence-corrected chi connectivity index (χ2v) is 7.42. The molecule has 0 aliphatic rings. The van der Waals surface area contributed by atoms with E-state index in [2.05, 4.69) is 13.2 Å². The maximum absolute atomic E-state index is 11.7. The van der Waals surface area contributed by atoms with E-state index in [9.17, 15) is 9.59 Å². The van der Waals surface area contributed by atoms with Gasteiger partial charge in [0, 0.05) is 16.7 Å². The summed E-state index contributed by atoms with van der Waals surface area (Å²) in [5.41, 5.74) is 3.34. The van der Waals surface area contributed by atoms with Crippen LogP contribution in [-0.2, 0) is 9.59 Å². The van der Waals surface area contributed by atoms with Crippen molar-refractivity contribution in [2.45, 2.75) is 20.8 Å². The molecule has 0 atom stereocenters. The van der Waals surface area contributed by atoms with Crippen molar-refractivity contribution >= 4 is 24.1 Å². The number of carbonyl (C=O) groups excluding carboxylic acids is 2. The van der Waals surface area contributed by atoms with E-state index in [-0.39, 0.29) is 0 Å². The van der Waals surface area contributed by atoms with Crippen LogP contribution in [0, 0.1) is 6.92 Å². The lowest BCUT2D eigenvalue weighted by atomic mass is 10.1. The molecule has 1 aromatic heterocycles. The molecule has 0 aliphatic heterocycles. The molecule has 0 fully saturated rings. The predicted molar refractivity (Wildman–Crippen MR) is 125 cm³/mol. The molecule has 3 rings (SSSR count). The topological polar surface area (TPSA) is 65.7 Å². The summed E-state index contributed by atoms with van der Waals surface area (Å²) < 4.78 is 16.4. The monoisotopic (exact) mass is 428 g/mol. The molecule has 0 spiro atoms. The Bertz CT molecular complexity index is 1210. The summed E-state index contributed by atoms with van der Waals surface area (Å²) in [5, 5.41) is 0. The summed E-state index contributed by atoms with van der Waals surface area (Å²) in [4.78, 5) is 23.3. The van der Waals surface area contributed by atoms with Gasteiger partial charge in [0.1, 0.15) is 23.0 Å². The third-order valence-electron chi connectivity index (χ3n) is 4.51. The Hall–Kier alpha value is -4.12. The molecule has 0 amide bonds. The van der Waals surface area contributed by atoms with Crippen LogP contribution in [0.5, 0.6) is 11.5 Å². The highest BCUT2D eigenvalue weighted by Crippen LogP contribution is 2.26. The summed E-state index contributed by atoms with van der Waals surface area (Å²) in [6, 6.07) is 16.3. The summed E-state index contributed by atoms with van der Waals surface area (Å²) in [5.74, 6) is 1.44. The van der Waals surface area contributed by atoms with Gasteiger partial charge in [-0.3, -0.25) is 0 Å². The molecule has 5 heteroatoms. The number of hydrogen-bond donors (Lipinski definition) is 0. The Morgan fingerprint density at radius 2 is 1.50 bits per heavy atom. The molecule has 0 bridgehead atoms. The van der Waals surface area contributed by atoms with E-state index in [1.165, 1.54) is 0 Å². The lowest BCUT2D eigenvalue weighted by molar-refractivity contribution is -0.131. The molecule has 0 unspecified atom stereocenters. The second-order valence-electron chi connectivity index (χ2n) is 7.42. The molecule has 1 heterocycles. The lowest BCUT2D eigenvalue weighted by Crippen LogP contribution is -2.09. The van der Waals surface area contributed by atoms with Gasteiger partial charge in [-0.2, -0.15) is 0 Å². The van der Waals surface area contributed by atoms with E-state index in [1.807, 2.05) is 55.5 Å². The molecule has 0 N–H and O–H groups in total. The number of aryl methyl sites for hydroxylation is 1. The summed E-state index contributed by atoms with van der Waals surface area (Å²) in [6.45, 7) is 12.2. The van der Waals surface area contributed by atoms with E-state index in [0.29, 0.717) is 34.2 Å². The van der Waals surface area contributed by atoms with Gasteiger partial charge in [0.05, 0.1) is 0 Å². The van der Waals surface area contributed by atoms with Crippen LogP contribution in [0.15, 0.2) is 83.3 Å². The molecule has 32 heavy (non-hydrogen) atoms. The molecule has 5 nitrogen and oxygen atoms in total. The fraction of sp³-hybridized carbons (Fsp3) is 0.111. The molecule has 0 saturated heterocycles. The molecule has 0 saturated carbocycles. The van der Waals surface area contributed by atoms with Gasteiger partial charge < -0.3 is 13.9 Å². The highest BCUT2D eigenvalue weighted by Gasteiger charge is 2.09. The first-order chi connectivity index (χ1) is 15.2. The Kier molecular flexibility index (Phi) is 6.90. The molecule has 0 radical (unpaired) electrons. The molecular weight excluding hydrogens is 404 g/mol. The van der Waals surface area contributed by atoms with Crippen LogP contribution in [0.4, 0.5) is 0 Å². The van der Waals surface area contributed by atoms with Gasteiger partial charge in [0.15, 0.2) is 0 Å². The first-order valence-electron chi connectivity index (χ1n) is 9.97. The Morgan fingerprint density at radius 3 is 2.12 bits per heavy atom. The first kappa shape index (κ1) is 22.6. The number of furan rings is 1. The van der Waals surface area contributed by atoms with Gasteiger partial charge >= 0.3 is 11.9 Å². The van der Waals surface area contributed by atoms with E-state index >= 15 is 0 Å². The fourth-order valence-corrected chi connectivity index (χ4v) is 2.74. The van der Waals surface area contributed by atoms with Gasteiger partial charge in [-0.25, -0.2) is 9.59 Å². The van der Waals surface area contributed by atoms with Crippen LogP contribution in [0.3, 0.4) is 0 Å². The van der Waals surface area contributed by atoms with Crippen molar-refractivity contribution in [2.24, 2.45) is 0 Å². The number of esters is 2. The van der Waals surface area contributed by atoms with Gasteiger partial charge in [-0.05, 0) is 86.5 Å². The largest absolute Gasteiger partial charge is 0.457 e. The van der Waals surface area contributed by atoms with Crippen molar-refractivity contribution in [3.8, 4) is 22.8 Å². The van der Waals surface area contributed by atoms with E-state index in [4.69, 9.17) is 13.9 Å². The number of carbonyl (C=O) groups is 2. The third kappa shape index (κ3) is 5.73. The average molecular weight is 428 g/mol. The Morgan fingerprint density at radius 1 is 0.844 bits per heavy atom. The van der Waals surface area contributed by atoms with Crippen LogP contribution in [0.2, 0.25) is 0 Å². The van der Waals surface area contributed by atoms with Gasteiger partial charge in [0.25, 0.3) is 0 Å². The van der Waals surface area contributed by atoms with Crippen LogP contribution < -0.4 is 9.47 Å². The van der Waals surface area contributed by atoms with Crippen molar-refractivity contribution in [3.05, 3.63) is 95.8 Å². The van der Waals surface area contributed by atoms with Crippen LogP contribution in [0.25, 0.3) is 23.5 Å². The number of ether oxygens (including phenoxy) is 2. The second kappa shape index (κ2) is 9.79. The minimum absolute atomic E-state index is 0.342. The normalized spacial score (nSPS) is 10.7. The maximum atomic E-state index is 11.7. The molecule has 2 aromatic carbocycles. The zero-order valence-electron chi connectivity index (χ0n) is 18.3. The number of benzene rings is 2. The van der Waals surface area contributed by atoms with E-state index < -0.39 is 11.9 Å². The van der Waals surface area contributed by atoms with Crippen molar-refractivity contribution in [2.75, 3.05) is 0 Å². The Balaban J connectivity index is 1.68. The smallest absolute Gasteiger partial charge is 0.338 e. The van der Waals surface area contributed by atoms with Crippen molar-refractivity contribution in [1.82, 2.24) is 0 Å². The third-order valence-corrected chi connectivity index (χ3v) is 4.51. The van der Waals surface area contributed by atoms with Crippen LogP contribution >= 0.6 is 0 Å². The van der Waals surface area contributed by atoms with Gasteiger partial charge in [-0.15, -0.1) is 0 Å². The fourth-order valence-electron chi connectivity index (χ4n) is 2.74. The van der Waals surface area contributed by atoms with E-state index in [0.717, 1.165) is 16.7 Å². The quantitative estimate of drug-likeness (QED) is 0.248. The minimum atomic E-state index is -0.458. The minimum Gasteiger partial charge on any atom is -0.457 e. The van der Waals surface area contributed by atoms with Crippen molar-refractivity contribution in [1.29, 1.82) is 0 Å². The standard InChI is InChI=1S/C27H24O5/c1-17(2)26(28)31-23-11-8-21(9-12-23)25-15-13-22(30-25)10-6-20-7-14-24(19(5)16-20)32-27(29)18(3)4/h6-16H,1,3H2,2,4-5H3/b10-6+. The Labute approximate surface area is 187 Å². The predicted octanol–water partition coefficient (Wildman–Crippen LogP) is 6.39. The molecule has 162 valence electrons. The summed E-state index contributed by atoms with van der Waals surface area (Å²) in [6.07, 6.45) is 3.78. The van der Waals surface area contributed by atoms with E-state index in [1.54, 1.807) is 32.0 Å². The molecular formula is C27H24O5. The van der Waals surface area contributed by atoms with Crippen LogP contribution in [0.1, 0.15) is 30.7 Å². The highest BCUT2D eigenvalue weighted by molar-refractivity contribution is 5.89. The maximum Gasteiger partial charge on any atom is 0.338 e. The lowest BCUT2D eigenvalue weighted by Gasteiger charge is -2.07. The van der Waals surface area contributed by atoms with Crippen LogP contribution in [-0.4, -0.2) is 11.9 Å². The summed E-state index contributed by atoms with van der Waals surface area (Å²) in [7, 11) is 0. The molecule has 0 aliphatic carbocycles. The molecule has 3 aromatic rings.